The van der Waals surface area contributed by atoms with E-state index in [-0.39, 0.29) is 24.2 Å². The van der Waals surface area contributed by atoms with Crippen LogP contribution < -0.4 is 16.4 Å². The molecule has 29 heavy (non-hydrogen) atoms. The number of nitrogen functional groups attached to an aromatic ring is 1. The van der Waals surface area contributed by atoms with Crippen LogP contribution in [-0.4, -0.2) is 41.7 Å². The van der Waals surface area contributed by atoms with Crippen molar-refractivity contribution in [2.45, 2.75) is 32.5 Å². The van der Waals surface area contributed by atoms with E-state index in [0.717, 1.165) is 12.0 Å². The summed E-state index contributed by atoms with van der Waals surface area (Å²) in [6, 6.07) is 15.0. The maximum Gasteiger partial charge on any atom is 0.242 e. The van der Waals surface area contributed by atoms with Crippen LogP contribution in [0.1, 0.15) is 29.2 Å². The lowest BCUT2D eigenvalue weighted by atomic mass is 10.00. The number of amidine groups is 1. The summed E-state index contributed by atoms with van der Waals surface area (Å²) in [5.41, 5.74) is 9.55. The number of hydrogen-bond donors (Lipinski definition) is 4. The molecule has 1 unspecified atom stereocenters. The molecule has 1 heterocycles. The molecule has 0 radical (unpaired) electrons. The Balaban J connectivity index is 1.42. The Morgan fingerprint density at radius 2 is 1.83 bits per heavy atom. The highest BCUT2D eigenvalue weighted by Crippen LogP contribution is 2.18. The minimum Gasteiger partial charge on any atom is -0.384 e. The molecule has 7 nitrogen and oxygen atoms in total. The minimum atomic E-state index is -0.433. The summed E-state index contributed by atoms with van der Waals surface area (Å²) in [5.74, 6) is -0.255. The van der Waals surface area contributed by atoms with E-state index in [4.69, 9.17) is 11.1 Å². The van der Waals surface area contributed by atoms with Crippen LogP contribution in [0.4, 0.5) is 0 Å². The number of nitrogens with two attached hydrogens (primary N) is 1. The van der Waals surface area contributed by atoms with E-state index >= 15 is 0 Å². The third-order valence-corrected chi connectivity index (χ3v) is 5.17. The van der Waals surface area contributed by atoms with Gasteiger partial charge in [0.2, 0.25) is 11.8 Å². The second-order valence-corrected chi connectivity index (χ2v) is 7.26. The molecule has 0 fully saturated rings. The number of hydrogen-bond acceptors (Lipinski definition) is 4. The highest BCUT2D eigenvalue weighted by molar-refractivity contribution is 5.94. The van der Waals surface area contributed by atoms with Gasteiger partial charge in [0.25, 0.3) is 0 Å². The molecule has 0 saturated carbocycles. The molecular formula is C22H27N5O2. The van der Waals surface area contributed by atoms with Crippen molar-refractivity contribution in [3.63, 3.8) is 0 Å². The average molecular weight is 393 g/mol. The topological polar surface area (TPSA) is 111 Å². The van der Waals surface area contributed by atoms with Crippen molar-refractivity contribution >= 4 is 17.6 Å². The highest BCUT2D eigenvalue weighted by Gasteiger charge is 2.21. The maximum absolute atomic E-state index is 12.5. The summed E-state index contributed by atoms with van der Waals surface area (Å²) >= 11 is 0. The fourth-order valence-electron chi connectivity index (χ4n) is 3.30. The first-order valence-electron chi connectivity index (χ1n) is 9.73. The van der Waals surface area contributed by atoms with Crippen molar-refractivity contribution in [1.82, 2.24) is 15.5 Å². The van der Waals surface area contributed by atoms with E-state index in [1.807, 2.05) is 30.3 Å². The summed E-state index contributed by atoms with van der Waals surface area (Å²) in [7, 11) is 0. The SMILES string of the molecule is CC(NCc1ccc(C(=N)N)cc1)C(=O)NCC(=O)N1CCc2ccccc2C1. The van der Waals surface area contributed by atoms with Crippen molar-refractivity contribution in [1.29, 1.82) is 5.41 Å². The number of nitrogens with zero attached hydrogens (tertiary/aromatic N) is 1. The van der Waals surface area contributed by atoms with Gasteiger partial charge in [-0.25, -0.2) is 0 Å². The molecule has 0 spiro atoms. The second-order valence-electron chi connectivity index (χ2n) is 7.26. The lowest BCUT2D eigenvalue weighted by Crippen LogP contribution is -2.47. The summed E-state index contributed by atoms with van der Waals surface area (Å²) in [6.07, 6.45) is 0.843. The Morgan fingerprint density at radius 3 is 2.52 bits per heavy atom. The monoisotopic (exact) mass is 393 g/mol. The zero-order valence-corrected chi connectivity index (χ0v) is 16.6. The molecule has 5 N–H and O–H groups in total. The normalized spacial score (nSPS) is 14.0. The van der Waals surface area contributed by atoms with Crippen LogP contribution in [0.5, 0.6) is 0 Å². The van der Waals surface area contributed by atoms with E-state index in [0.29, 0.717) is 25.2 Å². The molecule has 0 aliphatic carbocycles. The van der Waals surface area contributed by atoms with Gasteiger partial charge in [0.05, 0.1) is 12.6 Å². The molecule has 2 aromatic rings. The van der Waals surface area contributed by atoms with E-state index in [1.165, 1.54) is 11.1 Å². The predicted octanol–water partition coefficient (Wildman–Crippen LogP) is 1.15. The Morgan fingerprint density at radius 1 is 1.14 bits per heavy atom. The fraction of sp³-hybridized carbons (Fsp3) is 0.318. The zero-order chi connectivity index (χ0) is 20.8. The lowest BCUT2D eigenvalue weighted by molar-refractivity contribution is -0.134. The molecule has 3 rings (SSSR count). The number of rotatable bonds is 7. The van der Waals surface area contributed by atoms with E-state index in [1.54, 1.807) is 24.0 Å². The zero-order valence-electron chi connectivity index (χ0n) is 16.6. The molecule has 0 saturated heterocycles. The Hall–Kier alpha value is -3.19. The van der Waals surface area contributed by atoms with Gasteiger partial charge in [0.1, 0.15) is 5.84 Å². The van der Waals surface area contributed by atoms with Crippen LogP contribution in [0.15, 0.2) is 48.5 Å². The number of amides is 2. The summed E-state index contributed by atoms with van der Waals surface area (Å²) in [5, 5.41) is 13.3. The third-order valence-electron chi connectivity index (χ3n) is 5.17. The molecular weight excluding hydrogens is 366 g/mol. The Labute approximate surface area is 170 Å². The largest absolute Gasteiger partial charge is 0.384 e. The number of nitrogens with one attached hydrogen (secondary N) is 3. The maximum atomic E-state index is 12.5. The third kappa shape index (κ3) is 5.42. The van der Waals surface area contributed by atoms with Crippen LogP contribution in [0.2, 0.25) is 0 Å². The van der Waals surface area contributed by atoms with Crippen molar-refractivity contribution in [2.24, 2.45) is 5.73 Å². The summed E-state index contributed by atoms with van der Waals surface area (Å²) < 4.78 is 0. The van der Waals surface area contributed by atoms with Crippen LogP contribution >= 0.6 is 0 Å². The standard InChI is InChI=1S/C22H27N5O2/c1-15(25-12-16-6-8-18(9-7-16)21(23)24)22(29)26-13-20(28)27-11-10-17-4-2-3-5-19(17)14-27/h2-9,15,25H,10-14H2,1H3,(H3,23,24)(H,26,29). The number of carbonyl (C=O) groups excluding carboxylic acids is 2. The smallest absolute Gasteiger partial charge is 0.242 e. The second kappa shape index (κ2) is 9.34. The molecule has 1 aliphatic heterocycles. The van der Waals surface area contributed by atoms with E-state index < -0.39 is 6.04 Å². The van der Waals surface area contributed by atoms with Gasteiger partial charge in [0, 0.05) is 25.2 Å². The number of carbonyl (C=O) groups is 2. The van der Waals surface area contributed by atoms with Crippen molar-refractivity contribution in [2.75, 3.05) is 13.1 Å². The highest BCUT2D eigenvalue weighted by atomic mass is 16.2. The average Bonchev–Trinajstić information content (AvgIpc) is 2.75. The lowest BCUT2D eigenvalue weighted by Gasteiger charge is -2.29. The van der Waals surface area contributed by atoms with Gasteiger partial charge < -0.3 is 21.3 Å². The van der Waals surface area contributed by atoms with Crippen molar-refractivity contribution in [3.8, 4) is 0 Å². The quantitative estimate of drug-likeness (QED) is 0.418. The molecule has 152 valence electrons. The van der Waals surface area contributed by atoms with Gasteiger partial charge in [-0.2, -0.15) is 0 Å². The molecule has 2 aromatic carbocycles. The summed E-state index contributed by atoms with van der Waals surface area (Å²) in [6.45, 7) is 3.54. The van der Waals surface area contributed by atoms with Crippen molar-refractivity contribution < 1.29 is 9.59 Å². The van der Waals surface area contributed by atoms with E-state index in [2.05, 4.69) is 16.7 Å². The first-order chi connectivity index (χ1) is 13.9. The molecule has 1 atom stereocenters. The molecule has 0 bridgehead atoms. The minimum absolute atomic E-state index is 0.000326. The van der Waals surface area contributed by atoms with E-state index in [9.17, 15) is 9.59 Å². The Bertz CT molecular complexity index is 894. The fourth-order valence-corrected chi connectivity index (χ4v) is 3.30. The van der Waals surface area contributed by atoms with Gasteiger partial charge >= 0.3 is 0 Å². The van der Waals surface area contributed by atoms with Crippen molar-refractivity contribution in [3.05, 3.63) is 70.8 Å². The molecule has 7 heteroatoms. The van der Waals surface area contributed by atoms with Gasteiger partial charge in [-0.05, 0) is 30.0 Å². The van der Waals surface area contributed by atoms with Crippen LogP contribution in [0, 0.1) is 5.41 Å². The molecule has 0 aromatic heterocycles. The molecule has 1 aliphatic rings. The number of benzene rings is 2. The first kappa shape index (κ1) is 20.5. The van der Waals surface area contributed by atoms with Gasteiger partial charge in [-0.3, -0.25) is 15.0 Å². The van der Waals surface area contributed by atoms with Gasteiger partial charge in [-0.15, -0.1) is 0 Å². The Kier molecular flexibility index (Phi) is 6.61. The van der Waals surface area contributed by atoms with Crippen LogP contribution in [-0.2, 0) is 29.1 Å². The number of fused-ring (bicyclic) bond motifs is 1. The molecule has 2 amide bonds. The van der Waals surface area contributed by atoms with Gasteiger partial charge in [-0.1, -0.05) is 48.5 Å². The van der Waals surface area contributed by atoms with Crippen LogP contribution in [0.25, 0.3) is 0 Å². The van der Waals surface area contributed by atoms with Crippen LogP contribution in [0.3, 0.4) is 0 Å². The van der Waals surface area contributed by atoms with Gasteiger partial charge in [0.15, 0.2) is 0 Å². The predicted molar refractivity (Wildman–Crippen MR) is 112 cm³/mol. The first-order valence-corrected chi connectivity index (χ1v) is 9.73. The summed E-state index contributed by atoms with van der Waals surface area (Å²) in [4.78, 5) is 26.6.